The van der Waals surface area contributed by atoms with Gasteiger partial charge < -0.3 is 55.5 Å². The summed E-state index contributed by atoms with van der Waals surface area (Å²) in [4.78, 5) is 16.3. The van der Waals surface area contributed by atoms with Crippen molar-refractivity contribution < 1.29 is 45.2 Å². The summed E-state index contributed by atoms with van der Waals surface area (Å²) in [5.41, 5.74) is 4.59. The highest BCUT2D eigenvalue weighted by molar-refractivity contribution is 5.84. The second kappa shape index (κ2) is 8.61. The predicted octanol–water partition coefficient (Wildman–Crippen LogP) is -4.76. The zero-order valence-corrected chi connectivity index (χ0v) is 16.9. The minimum absolute atomic E-state index is 0.210. The van der Waals surface area contributed by atoms with Crippen molar-refractivity contribution in [3.05, 3.63) is 22.1 Å². The molecule has 15 nitrogen and oxygen atoms in total. The Bertz CT molecular complexity index is 1140. The van der Waals surface area contributed by atoms with E-state index in [4.69, 9.17) is 15.2 Å². The number of hydrogen-bond acceptors (Lipinski definition) is 13. The number of nitrogens with zero attached hydrogens (tertiary/aromatic N) is 4. The molecule has 0 aliphatic carbocycles. The van der Waals surface area contributed by atoms with Gasteiger partial charge in [-0.15, -0.1) is 0 Å². The van der Waals surface area contributed by atoms with E-state index in [2.05, 4.69) is 4.98 Å². The lowest BCUT2D eigenvalue weighted by molar-refractivity contribution is -0.250. The van der Waals surface area contributed by atoms with Crippen molar-refractivity contribution in [2.24, 2.45) is 0 Å². The number of nitriles is 1. The van der Waals surface area contributed by atoms with E-state index in [1.54, 1.807) is 6.07 Å². The number of fused-ring (bicyclic) bond motifs is 1. The summed E-state index contributed by atoms with van der Waals surface area (Å²) in [6.07, 6.45) is -12.8. The van der Waals surface area contributed by atoms with Gasteiger partial charge in [-0.2, -0.15) is 10.2 Å². The second-order valence-corrected chi connectivity index (χ2v) is 7.85. The molecule has 0 amide bonds. The van der Waals surface area contributed by atoms with Gasteiger partial charge in [-0.05, 0) is 0 Å². The number of aromatic nitrogens is 3. The Hall–Kier alpha value is -2.65. The van der Waals surface area contributed by atoms with Crippen LogP contribution in [0, 0.1) is 11.3 Å². The van der Waals surface area contributed by atoms with Crippen molar-refractivity contribution in [3.8, 4) is 6.07 Å². The number of hydrogen-bond donors (Lipinski definition) is 8. The standard InChI is InChI=1S/C18H23N5O10/c19-1-5-2-22(16-12(29)10(27)7(4-25)32-16)15-8(5)14(31)21-18(20)23(15)17-13(30)11(28)9(26)6(3-24)33-17/h2,6-7,9-13,16-17,24-30H,3-4H2,(H2,20,21,31)/t6-,7-,9-,10-,11+,12-,13+,16-,17?/m1/s1. The Balaban J connectivity index is 1.98. The van der Waals surface area contributed by atoms with Crippen LogP contribution >= 0.6 is 0 Å². The largest absolute Gasteiger partial charge is 0.394 e. The number of ether oxygens (including phenoxy) is 2. The first-order chi connectivity index (χ1) is 15.7. The van der Waals surface area contributed by atoms with Crippen LogP contribution in [0.4, 0.5) is 5.95 Å². The molecule has 2 aromatic heterocycles. The number of aliphatic hydroxyl groups is 7. The van der Waals surface area contributed by atoms with E-state index in [0.29, 0.717) is 0 Å². The topological polar surface area (TPSA) is 250 Å². The molecule has 2 aliphatic rings. The molecule has 0 radical (unpaired) electrons. The molecule has 2 saturated heterocycles. The molecule has 4 heterocycles. The monoisotopic (exact) mass is 469 g/mol. The van der Waals surface area contributed by atoms with E-state index >= 15 is 0 Å². The maximum Gasteiger partial charge on any atom is 0.285 e. The van der Waals surface area contributed by atoms with Gasteiger partial charge in [0.15, 0.2) is 12.5 Å². The second-order valence-electron chi connectivity index (χ2n) is 7.85. The van der Waals surface area contributed by atoms with Crippen LogP contribution in [-0.2, 0) is 9.47 Å². The molecule has 2 aliphatic heterocycles. The van der Waals surface area contributed by atoms with E-state index in [-0.39, 0.29) is 16.6 Å². The molecule has 0 aromatic carbocycles. The number of nitrogen functional groups attached to an aromatic ring is 1. The van der Waals surface area contributed by atoms with Gasteiger partial charge in [-0.1, -0.05) is 0 Å². The molecule has 33 heavy (non-hydrogen) atoms. The lowest BCUT2D eigenvalue weighted by atomic mass is 9.98. The van der Waals surface area contributed by atoms with Gasteiger partial charge >= 0.3 is 0 Å². The predicted molar refractivity (Wildman–Crippen MR) is 105 cm³/mol. The Kier molecular flexibility index (Phi) is 6.13. The van der Waals surface area contributed by atoms with Gasteiger partial charge in [0.05, 0.1) is 18.8 Å². The third-order valence-electron chi connectivity index (χ3n) is 5.94. The van der Waals surface area contributed by atoms with Gasteiger partial charge in [0.25, 0.3) is 5.56 Å². The zero-order valence-electron chi connectivity index (χ0n) is 16.9. The maximum atomic E-state index is 12.6. The van der Waals surface area contributed by atoms with Crippen LogP contribution in [0.2, 0.25) is 0 Å². The summed E-state index contributed by atoms with van der Waals surface area (Å²) in [5.74, 6) is -0.521. The van der Waals surface area contributed by atoms with E-state index in [1.165, 1.54) is 0 Å². The number of nitrogens with two attached hydrogens (primary N) is 1. The van der Waals surface area contributed by atoms with Crippen LogP contribution in [0.25, 0.3) is 11.0 Å². The molecule has 2 fully saturated rings. The number of rotatable bonds is 4. The van der Waals surface area contributed by atoms with Gasteiger partial charge in [0.2, 0.25) is 5.95 Å². The van der Waals surface area contributed by atoms with Gasteiger partial charge in [0, 0.05) is 6.20 Å². The van der Waals surface area contributed by atoms with Crippen LogP contribution in [0.1, 0.15) is 18.0 Å². The van der Waals surface area contributed by atoms with Crippen LogP contribution < -0.4 is 11.3 Å². The summed E-state index contributed by atoms with van der Waals surface area (Å²) in [6.45, 7) is -1.38. The third-order valence-corrected chi connectivity index (χ3v) is 5.94. The molecule has 0 bridgehead atoms. The van der Waals surface area contributed by atoms with Crippen molar-refractivity contribution in [2.45, 2.75) is 55.2 Å². The van der Waals surface area contributed by atoms with E-state index in [0.717, 1.165) is 15.3 Å². The van der Waals surface area contributed by atoms with Crippen molar-refractivity contribution in [1.29, 1.82) is 5.26 Å². The highest BCUT2D eigenvalue weighted by Gasteiger charge is 2.47. The summed E-state index contributed by atoms with van der Waals surface area (Å²) in [5, 5.41) is 79.7. The van der Waals surface area contributed by atoms with Crippen LogP contribution in [0.15, 0.2) is 11.0 Å². The lowest BCUT2D eigenvalue weighted by Gasteiger charge is -2.41. The molecule has 9 N–H and O–H groups in total. The van der Waals surface area contributed by atoms with Gasteiger partial charge in [-0.25, -0.2) is 0 Å². The highest BCUT2D eigenvalue weighted by Crippen LogP contribution is 2.37. The smallest absolute Gasteiger partial charge is 0.285 e. The Morgan fingerprint density at radius 3 is 2.09 bits per heavy atom. The van der Waals surface area contributed by atoms with Crippen molar-refractivity contribution in [3.63, 3.8) is 0 Å². The Morgan fingerprint density at radius 1 is 0.970 bits per heavy atom. The van der Waals surface area contributed by atoms with Crippen LogP contribution in [0.3, 0.4) is 0 Å². The fourth-order valence-corrected chi connectivity index (χ4v) is 4.23. The van der Waals surface area contributed by atoms with Gasteiger partial charge in [0.1, 0.15) is 59.8 Å². The molecule has 0 saturated carbocycles. The average Bonchev–Trinajstić information content (AvgIpc) is 3.31. The molecule has 2 aromatic rings. The van der Waals surface area contributed by atoms with Crippen molar-refractivity contribution in [1.82, 2.24) is 14.1 Å². The molecule has 0 spiro atoms. The molecule has 180 valence electrons. The minimum Gasteiger partial charge on any atom is -0.394 e. The molecule has 15 heteroatoms. The SMILES string of the molecule is N#Cc1cn([C@@H]2O[C@H](CO)[C@@H](O)[C@H]2O)c2c1c(=O)nc(N)n2C1O[C@H](CO)[C@@H](O)[C@H](O)[C@@H]1O. The van der Waals surface area contributed by atoms with Crippen molar-refractivity contribution >= 4 is 17.0 Å². The number of aliphatic hydroxyl groups excluding tert-OH is 7. The number of anilines is 1. The van der Waals surface area contributed by atoms with E-state index in [1.807, 2.05) is 0 Å². The maximum absolute atomic E-state index is 12.6. The summed E-state index contributed by atoms with van der Waals surface area (Å²) in [7, 11) is 0. The molecule has 1 unspecified atom stereocenters. The molecular formula is C18H23N5O10. The summed E-state index contributed by atoms with van der Waals surface area (Å²) in [6, 6.07) is 1.81. The van der Waals surface area contributed by atoms with Crippen LogP contribution in [-0.4, -0.2) is 106 Å². The van der Waals surface area contributed by atoms with Crippen LogP contribution in [0.5, 0.6) is 0 Å². The summed E-state index contributed by atoms with van der Waals surface area (Å²) < 4.78 is 13.1. The Labute approximate surface area is 184 Å². The molecular weight excluding hydrogens is 446 g/mol. The Morgan fingerprint density at radius 2 is 1.52 bits per heavy atom. The van der Waals surface area contributed by atoms with E-state index < -0.39 is 79.9 Å². The first kappa shape index (κ1) is 23.5. The van der Waals surface area contributed by atoms with E-state index in [9.17, 15) is 45.8 Å². The first-order valence-electron chi connectivity index (χ1n) is 9.91. The summed E-state index contributed by atoms with van der Waals surface area (Å²) >= 11 is 0. The molecule has 4 rings (SSSR count). The van der Waals surface area contributed by atoms with Crippen molar-refractivity contribution in [2.75, 3.05) is 18.9 Å². The quantitative estimate of drug-likeness (QED) is 0.210. The average molecular weight is 469 g/mol. The highest BCUT2D eigenvalue weighted by atomic mass is 16.6. The first-order valence-corrected chi connectivity index (χ1v) is 9.91. The lowest BCUT2D eigenvalue weighted by Crippen LogP contribution is -2.56. The fourth-order valence-electron chi connectivity index (χ4n) is 4.23. The molecule has 9 atom stereocenters. The third kappa shape index (κ3) is 3.49. The normalized spacial score (nSPS) is 36.8. The fraction of sp³-hybridized carbons (Fsp3) is 0.611. The minimum atomic E-state index is -1.82. The van der Waals surface area contributed by atoms with Gasteiger partial charge in [-0.3, -0.25) is 9.36 Å². The zero-order chi connectivity index (χ0) is 24.2.